The van der Waals surface area contributed by atoms with Crippen LogP contribution >= 0.6 is 11.8 Å². The van der Waals surface area contributed by atoms with E-state index in [2.05, 4.69) is 0 Å². The topological polar surface area (TPSA) is 49.3 Å². The molecular formula is C16H17F6NO2S. The fraction of sp³-hybridized carbons (Fsp3) is 0.562. The first-order chi connectivity index (χ1) is 12.0. The fourth-order valence-electron chi connectivity index (χ4n) is 2.26. The summed E-state index contributed by atoms with van der Waals surface area (Å²) in [5, 5.41) is 11.1. The first-order valence-electron chi connectivity index (χ1n) is 7.79. The van der Waals surface area contributed by atoms with Gasteiger partial charge in [0.15, 0.2) is 0 Å². The second kappa shape index (κ2) is 8.08. The SMILES string of the molecule is O=C(O)[C@H](CSCC1CC1)NC(c1ccc(F)cc1)C(F)(F)C(F)(F)F. The minimum atomic E-state index is -5.90. The Morgan fingerprint density at radius 3 is 2.23 bits per heavy atom. The lowest BCUT2D eigenvalue weighted by Gasteiger charge is -2.32. The third-order valence-corrected chi connectivity index (χ3v) is 5.22. The first kappa shape index (κ1) is 20.9. The first-order valence-corrected chi connectivity index (χ1v) is 8.94. The summed E-state index contributed by atoms with van der Waals surface area (Å²) in [5.74, 6) is -6.66. The number of hydrogen-bond donors (Lipinski definition) is 2. The molecule has 26 heavy (non-hydrogen) atoms. The summed E-state index contributed by atoms with van der Waals surface area (Å²) in [4.78, 5) is 11.3. The van der Waals surface area contributed by atoms with E-state index in [-0.39, 0.29) is 5.75 Å². The van der Waals surface area contributed by atoms with Crippen LogP contribution < -0.4 is 5.32 Å². The lowest BCUT2D eigenvalue weighted by Crippen LogP contribution is -2.53. The molecule has 1 aliphatic rings. The maximum absolute atomic E-state index is 14.0. The van der Waals surface area contributed by atoms with Crippen LogP contribution in [0.5, 0.6) is 0 Å². The fourth-order valence-corrected chi connectivity index (χ4v) is 3.54. The second-order valence-corrected chi connectivity index (χ2v) is 7.22. The summed E-state index contributed by atoms with van der Waals surface area (Å²) in [7, 11) is 0. The third-order valence-electron chi connectivity index (χ3n) is 3.94. The molecule has 146 valence electrons. The minimum absolute atomic E-state index is 0.155. The number of nitrogens with one attached hydrogen (secondary N) is 1. The summed E-state index contributed by atoms with van der Waals surface area (Å²) in [6, 6.07) is -1.21. The number of thioether (sulfide) groups is 1. The molecule has 1 aromatic rings. The molecule has 0 bridgehead atoms. The Hall–Kier alpha value is -1.42. The molecule has 1 unspecified atom stereocenters. The van der Waals surface area contributed by atoms with Crippen molar-refractivity contribution in [2.75, 3.05) is 11.5 Å². The quantitative estimate of drug-likeness (QED) is 0.608. The predicted octanol–water partition coefficient (Wildman–Crippen LogP) is 4.25. The van der Waals surface area contributed by atoms with Crippen molar-refractivity contribution in [2.24, 2.45) is 5.92 Å². The van der Waals surface area contributed by atoms with Crippen LogP contribution in [0.25, 0.3) is 0 Å². The van der Waals surface area contributed by atoms with Crippen LogP contribution in [-0.2, 0) is 4.79 Å². The molecule has 0 saturated heterocycles. The van der Waals surface area contributed by atoms with Crippen LogP contribution in [0.4, 0.5) is 26.3 Å². The van der Waals surface area contributed by atoms with Gasteiger partial charge in [0.2, 0.25) is 0 Å². The van der Waals surface area contributed by atoms with E-state index in [0.29, 0.717) is 11.7 Å². The number of carboxylic acid groups (broad SMARTS) is 1. The van der Waals surface area contributed by atoms with Crippen molar-refractivity contribution in [1.29, 1.82) is 0 Å². The van der Waals surface area contributed by atoms with Crippen LogP contribution in [0.2, 0.25) is 0 Å². The number of benzene rings is 1. The number of alkyl halides is 5. The summed E-state index contributed by atoms with van der Waals surface area (Å²) in [5.41, 5.74) is -0.549. The standard InChI is InChI=1S/C16H17F6NO2S/c17-11-5-3-10(4-6-11)13(15(18,19)16(20,21)22)23-12(14(24)25)8-26-7-9-1-2-9/h3-6,9,12-13,23H,1-2,7-8H2,(H,24,25)/t12-,13?/m0/s1. The number of hydrogen-bond acceptors (Lipinski definition) is 3. The van der Waals surface area contributed by atoms with Crippen molar-refractivity contribution in [3.05, 3.63) is 35.6 Å². The molecule has 1 aliphatic carbocycles. The molecule has 1 saturated carbocycles. The number of carboxylic acids is 1. The zero-order valence-corrected chi connectivity index (χ0v) is 14.2. The molecule has 0 radical (unpaired) electrons. The molecule has 3 nitrogen and oxygen atoms in total. The largest absolute Gasteiger partial charge is 0.480 e. The Balaban J connectivity index is 2.22. The Bertz CT molecular complexity index is 618. The molecule has 0 aliphatic heterocycles. The second-order valence-electron chi connectivity index (χ2n) is 6.14. The van der Waals surface area contributed by atoms with Gasteiger partial charge in [0.1, 0.15) is 17.9 Å². The van der Waals surface area contributed by atoms with Crippen LogP contribution in [-0.4, -0.2) is 40.7 Å². The van der Waals surface area contributed by atoms with E-state index in [9.17, 15) is 36.2 Å². The molecule has 0 spiro atoms. The lowest BCUT2D eigenvalue weighted by atomic mass is 9.99. The van der Waals surface area contributed by atoms with Gasteiger partial charge in [-0.1, -0.05) is 12.1 Å². The summed E-state index contributed by atoms with van der Waals surface area (Å²) in [6.45, 7) is 0. The van der Waals surface area contributed by atoms with Gasteiger partial charge in [-0.15, -0.1) is 0 Å². The Kier molecular flexibility index (Phi) is 6.49. The normalized spacial score (nSPS) is 17.8. The smallest absolute Gasteiger partial charge is 0.455 e. The van der Waals surface area contributed by atoms with Crippen molar-refractivity contribution in [3.63, 3.8) is 0 Å². The van der Waals surface area contributed by atoms with E-state index in [0.717, 1.165) is 37.1 Å². The molecule has 0 amide bonds. The van der Waals surface area contributed by atoms with Gasteiger partial charge < -0.3 is 5.11 Å². The zero-order valence-electron chi connectivity index (χ0n) is 13.4. The molecule has 10 heteroatoms. The summed E-state index contributed by atoms with van der Waals surface area (Å²) in [6.07, 6.45) is -3.89. The molecular weight excluding hydrogens is 384 g/mol. The number of rotatable bonds is 9. The number of carbonyl (C=O) groups is 1. The van der Waals surface area contributed by atoms with E-state index in [4.69, 9.17) is 0 Å². The molecule has 1 fully saturated rings. The van der Waals surface area contributed by atoms with Crippen molar-refractivity contribution in [3.8, 4) is 0 Å². The highest BCUT2D eigenvalue weighted by atomic mass is 32.2. The van der Waals surface area contributed by atoms with Gasteiger partial charge in [-0.05, 0) is 42.2 Å². The van der Waals surface area contributed by atoms with E-state index in [1.807, 2.05) is 5.32 Å². The highest BCUT2D eigenvalue weighted by molar-refractivity contribution is 7.99. The van der Waals surface area contributed by atoms with Gasteiger partial charge in [-0.2, -0.15) is 33.7 Å². The van der Waals surface area contributed by atoms with Gasteiger partial charge in [-0.3, -0.25) is 10.1 Å². The van der Waals surface area contributed by atoms with Crippen molar-refractivity contribution in [2.45, 2.75) is 37.0 Å². The zero-order chi connectivity index (χ0) is 19.5. The highest BCUT2D eigenvalue weighted by Crippen LogP contribution is 2.45. The van der Waals surface area contributed by atoms with Crippen LogP contribution in [0.15, 0.2) is 24.3 Å². The van der Waals surface area contributed by atoms with E-state index in [1.165, 1.54) is 11.8 Å². The van der Waals surface area contributed by atoms with Crippen molar-refractivity contribution in [1.82, 2.24) is 5.32 Å². The van der Waals surface area contributed by atoms with Gasteiger partial charge >= 0.3 is 18.1 Å². The molecule has 2 atom stereocenters. The molecule has 2 rings (SSSR count). The molecule has 1 aromatic carbocycles. The average molecular weight is 401 g/mol. The molecule has 2 N–H and O–H groups in total. The van der Waals surface area contributed by atoms with Crippen LogP contribution in [0, 0.1) is 11.7 Å². The summed E-state index contributed by atoms with van der Waals surface area (Å²) < 4.78 is 79.5. The van der Waals surface area contributed by atoms with Crippen LogP contribution in [0.3, 0.4) is 0 Å². The van der Waals surface area contributed by atoms with E-state index < -0.39 is 41.5 Å². The maximum atomic E-state index is 14.0. The Morgan fingerprint density at radius 1 is 1.19 bits per heavy atom. The number of aliphatic carboxylic acids is 1. The van der Waals surface area contributed by atoms with Gasteiger partial charge in [-0.25, -0.2) is 4.39 Å². The van der Waals surface area contributed by atoms with Gasteiger partial charge in [0, 0.05) is 5.75 Å². The van der Waals surface area contributed by atoms with Gasteiger partial charge in [0.05, 0.1) is 0 Å². The summed E-state index contributed by atoms with van der Waals surface area (Å²) >= 11 is 1.19. The lowest BCUT2D eigenvalue weighted by molar-refractivity contribution is -0.294. The monoisotopic (exact) mass is 401 g/mol. The van der Waals surface area contributed by atoms with Crippen molar-refractivity contribution < 1.29 is 36.2 Å². The van der Waals surface area contributed by atoms with Crippen molar-refractivity contribution >= 4 is 17.7 Å². The Morgan fingerprint density at radius 2 is 1.77 bits per heavy atom. The van der Waals surface area contributed by atoms with Gasteiger partial charge in [0.25, 0.3) is 0 Å². The Labute approximate surface area is 150 Å². The number of halogens is 6. The average Bonchev–Trinajstić information content (AvgIpc) is 3.34. The van der Waals surface area contributed by atoms with E-state index >= 15 is 0 Å². The molecule has 0 aromatic heterocycles. The minimum Gasteiger partial charge on any atom is -0.480 e. The van der Waals surface area contributed by atoms with Crippen LogP contribution in [0.1, 0.15) is 24.4 Å². The van der Waals surface area contributed by atoms with E-state index in [1.54, 1.807) is 0 Å². The predicted molar refractivity (Wildman–Crippen MR) is 84.8 cm³/mol. The molecule has 0 heterocycles. The highest BCUT2D eigenvalue weighted by Gasteiger charge is 2.63. The third kappa shape index (κ3) is 5.29. The maximum Gasteiger partial charge on any atom is 0.455 e.